The molecule has 0 amide bonds. The van der Waals surface area contributed by atoms with Gasteiger partial charge in [-0.15, -0.1) is 0 Å². The summed E-state index contributed by atoms with van der Waals surface area (Å²) in [5.41, 5.74) is 3.00. The maximum Gasteiger partial charge on any atom is 0.301 e. The van der Waals surface area contributed by atoms with Crippen molar-refractivity contribution in [3.05, 3.63) is 29.3 Å². The molecule has 0 atom stereocenters. The molecule has 1 aliphatic rings. The molecule has 1 heterocycles. The zero-order valence-corrected chi connectivity index (χ0v) is 13.7. The van der Waals surface area contributed by atoms with Crippen molar-refractivity contribution in [2.45, 2.75) is 39.7 Å². The number of rotatable bonds is 7. The Morgan fingerprint density at radius 1 is 1.24 bits per heavy atom. The quantitative estimate of drug-likeness (QED) is 0.811. The van der Waals surface area contributed by atoms with Gasteiger partial charge < -0.3 is 5.32 Å². The first-order valence-electron chi connectivity index (χ1n) is 7.67. The van der Waals surface area contributed by atoms with E-state index in [9.17, 15) is 8.42 Å². The van der Waals surface area contributed by atoms with E-state index >= 15 is 0 Å². The SMILES string of the molecule is CCCN(CCC)S(=O)(=O)Nc1cccc2c1CNCC2. The topological polar surface area (TPSA) is 61.4 Å². The maximum absolute atomic E-state index is 12.6. The normalized spacial score (nSPS) is 15.0. The monoisotopic (exact) mass is 311 g/mol. The lowest BCUT2D eigenvalue weighted by Gasteiger charge is -2.25. The van der Waals surface area contributed by atoms with Crippen molar-refractivity contribution in [1.29, 1.82) is 0 Å². The van der Waals surface area contributed by atoms with E-state index in [-0.39, 0.29) is 0 Å². The Morgan fingerprint density at radius 3 is 2.62 bits per heavy atom. The molecule has 0 aliphatic carbocycles. The fourth-order valence-corrected chi connectivity index (χ4v) is 4.11. The summed E-state index contributed by atoms with van der Waals surface area (Å²) in [4.78, 5) is 0. The maximum atomic E-state index is 12.6. The number of hydrogen-bond donors (Lipinski definition) is 2. The van der Waals surface area contributed by atoms with Crippen LogP contribution in [0, 0.1) is 0 Å². The lowest BCUT2D eigenvalue weighted by Crippen LogP contribution is -2.37. The fourth-order valence-electron chi connectivity index (χ4n) is 2.66. The van der Waals surface area contributed by atoms with Gasteiger partial charge in [-0.1, -0.05) is 26.0 Å². The molecule has 1 aromatic rings. The van der Waals surface area contributed by atoms with Crippen molar-refractivity contribution in [2.75, 3.05) is 24.4 Å². The molecule has 0 spiro atoms. The Morgan fingerprint density at radius 2 is 1.95 bits per heavy atom. The molecule has 0 aromatic heterocycles. The Bertz CT molecular complexity index is 566. The number of nitrogens with one attached hydrogen (secondary N) is 2. The molecule has 1 aliphatic heterocycles. The molecule has 5 nitrogen and oxygen atoms in total. The summed E-state index contributed by atoms with van der Waals surface area (Å²) in [5.74, 6) is 0. The molecule has 2 N–H and O–H groups in total. The minimum Gasteiger partial charge on any atom is -0.312 e. The molecule has 21 heavy (non-hydrogen) atoms. The van der Waals surface area contributed by atoms with Crippen LogP contribution in [0.1, 0.15) is 37.8 Å². The predicted octanol–water partition coefficient (Wildman–Crippen LogP) is 2.11. The summed E-state index contributed by atoms with van der Waals surface area (Å²) in [6, 6.07) is 5.84. The van der Waals surface area contributed by atoms with Crippen LogP contribution in [-0.2, 0) is 23.2 Å². The molecule has 0 bridgehead atoms. The average Bonchev–Trinajstić information content (AvgIpc) is 2.47. The van der Waals surface area contributed by atoms with E-state index in [4.69, 9.17) is 0 Å². The Balaban J connectivity index is 2.23. The molecule has 0 fully saturated rings. The Kier molecular flexibility index (Phi) is 5.61. The van der Waals surface area contributed by atoms with Gasteiger partial charge in [0.1, 0.15) is 0 Å². The number of nitrogens with zero attached hydrogens (tertiary/aromatic N) is 1. The van der Waals surface area contributed by atoms with Crippen LogP contribution < -0.4 is 10.0 Å². The van der Waals surface area contributed by atoms with Crippen molar-refractivity contribution in [2.24, 2.45) is 0 Å². The highest BCUT2D eigenvalue weighted by Gasteiger charge is 2.22. The average molecular weight is 311 g/mol. The van der Waals surface area contributed by atoms with Gasteiger partial charge in [0.25, 0.3) is 0 Å². The number of anilines is 1. The van der Waals surface area contributed by atoms with Crippen LogP contribution in [0.2, 0.25) is 0 Å². The van der Waals surface area contributed by atoms with Gasteiger partial charge in [-0.2, -0.15) is 12.7 Å². The molecular formula is C15H25N3O2S. The summed E-state index contributed by atoms with van der Waals surface area (Å²) in [6.45, 7) is 6.75. The first-order chi connectivity index (χ1) is 10.1. The third-order valence-electron chi connectivity index (χ3n) is 3.67. The number of benzene rings is 1. The molecule has 0 unspecified atom stereocenters. The van der Waals surface area contributed by atoms with Gasteiger partial charge in [-0.25, -0.2) is 0 Å². The third-order valence-corrected chi connectivity index (χ3v) is 5.19. The molecule has 6 heteroatoms. The summed E-state index contributed by atoms with van der Waals surface area (Å²) < 4.78 is 29.4. The number of hydrogen-bond acceptors (Lipinski definition) is 3. The van der Waals surface area contributed by atoms with Crippen molar-refractivity contribution in [3.8, 4) is 0 Å². The summed E-state index contributed by atoms with van der Waals surface area (Å²) in [6.07, 6.45) is 2.57. The first-order valence-corrected chi connectivity index (χ1v) is 9.11. The molecule has 0 saturated heterocycles. The van der Waals surface area contributed by atoms with E-state index in [2.05, 4.69) is 16.1 Å². The van der Waals surface area contributed by atoms with Crippen molar-refractivity contribution in [3.63, 3.8) is 0 Å². The van der Waals surface area contributed by atoms with Gasteiger partial charge in [0.2, 0.25) is 0 Å². The largest absolute Gasteiger partial charge is 0.312 e. The van der Waals surface area contributed by atoms with Gasteiger partial charge in [-0.3, -0.25) is 4.72 Å². The number of fused-ring (bicyclic) bond motifs is 1. The van der Waals surface area contributed by atoms with E-state index in [1.54, 1.807) is 0 Å². The van der Waals surface area contributed by atoms with Crippen LogP contribution >= 0.6 is 0 Å². The second-order valence-electron chi connectivity index (χ2n) is 5.38. The van der Waals surface area contributed by atoms with Gasteiger partial charge in [0, 0.05) is 19.6 Å². The standard InChI is InChI=1S/C15H25N3O2S/c1-3-10-18(11-4-2)21(19,20)17-15-7-5-6-13-8-9-16-12-14(13)15/h5-7,16-17H,3-4,8-12H2,1-2H3. The van der Waals surface area contributed by atoms with E-state index in [0.717, 1.165) is 37.9 Å². The van der Waals surface area contributed by atoms with Gasteiger partial charge in [0.15, 0.2) is 0 Å². The van der Waals surface area contributed by atoms with Crippen LogP contribution in [0.15, 0.2) is 18.2 Å². The van der Waals surface area contributed by atoms with Crippen LogP contribution in [0.5, 0.6) is 0 Å². The molecule has 0 saturated carbocycles. The smallest absolute Gasteiger partial charge is 0.301 e. The first kappa shape index (κ1) is 16.3. The summed E-state index contributed by atoms with van der Waals surface area (Å²) >= 11 is 0. The summed E-state index contributed by atoms with van der Waals surface area (Å²) in [5, 5.41) is 3.30. The predicted molar refractivity (Wildman–Crippen MR) is 86.6 cm³/mol. The van der Waals surface area contributed by atoms with Gasteiger partial charge in [-0.05, 0) is 43.0 Å². The third kappa shape index (κ3) is 3.96. The van der Waals surface area contributed by atoms with Crippen LogP contribution in [0.25, 0.3) is 0 Å². The van der Waals surface area contributed by atoms with E-state index in [1.807, 2.05) is 26.0 Å². The molecular weight excluding hydrogens is 286 g/mol. The highest BCUT2D eigenvalue weighted by Crippen LogP contribution is 2.24. The van der Waals surface area contributed by atoms with Crippen molar-refractivity contribution >= 4 is 15.9 Å². The Labute approximate surface area is 127 Å². The van der Waals surface area contributed by atoms with Crippen molar-refractivity contribution in [1.82, 2.24) is 9.62 Å². The molecule has 2 rings (SSSR count). The highest BCUT2D eigenvalue weighted by molar-refractivity contribution is 7.90. The highest BCUT2D eigenvalue weighted by atomic mass is 32.2. The van der Waals surface area contributed by atoms with Crippen LogP contribution in [0.3, 0.4) is 0 Å². The van der Waals surface area contributed by atoms with E-state index in [0.29, 0.717) is 18.8 Å². The minimum atomic E-state index is -3.48. The van der Waals surface area contributed by atoms with E-state index < -0.39 is 10.2 Å². The summed E-state index contributed by atoms with van der Waals surface area (Å²) in [7, 11) is -3.48. The van der Waals surface area contributed by atoms with E-state index in [1.165, 1.54) is 9.87 Å². The second-order valence-corrected chi connectivity index (χ2v) is 7.05. The lowest BCUT2D eigenvalue weighted by molar-refractivity contribution is 0.413. The molecule has 0 radical (unpaired) electrons. The zero-order chi connectivity index (χ0) is 15.3. The fraction of sp³-hybridized carbons (Fsp3) is 0.600. The van der Waals surface area contributed by atoms with Crippen LogP contribution in [0.4, 0.5) is 5.69 Å². The Hall–Kier alpha value is -1.11. The molecule has 118 valence electrons. The van der Waals surface area contributed by atoms with Gasteiger partial charge in [0.05, 0.1) is 5.69 Å². The zero-order valence-electron chi connectivity index (χ0n) is 12.9. The van der Waals surface area contributed by atoms with Crippen LogP contribution in [-0.4, -0.2) is 32.4 Å². The lowest BCUT2D eigenvalue weighted by atomic mass is 10.00. The van der Waals surface area contributed by atoms with Crippen molar-refractivity contribution < 1.29 is 8.42 Å². The second kappa shape index (κ2) is 7.24. The minimum absolute atomic E-state index is 0.552. The van der Waals surface area contributed by atoms with Gasteiger partial charge >= 0.3 is 10.2 Å². The molecule has 1 aromatic carbocycles.